The van der Waals surface area contributed by atoms with E-state index in [0.29, 0.717) is 16.9 Å². The fourth-order valence-corrected chi connectivity index (χ4v) is 4.65. The van der Waals surface area contributed by atoms with Crippen molar-refractivity contribution in [3.05, 3.63) is 59.6 Å². The first-order valence-corrected chi connectivity index (χ1v) is 12.2. The van der Waals surface area contributed by atoms with Gasteiger partial charge in [-0.05, 0) is 62.3 Å². The van der Waals surface area contributed by atoms with Crippen molar-refractivity contribution in [3.63, 3.8) is 0 Å². The number of aromatic nitrogens is 3. The standard InChI is InChI=1S/C25H28N4O2S/c1-4-23(30)17-11-12-22-21(14-17)28-24(20-10-5-6-13-26-20)29(22)19-9-7-8-18(15-19)27-25(31)16(2)32-3/h5-6,10-14,18-19H,2,4,7-9,15H2,1,3H3,(H,27,31). The normalized spacial score (nSPS) is 18.4. The van der Waals surface area contributed by atoms with Crippen molar-refractivity contribution < 1.29 is 9.59 Å². The molecule has 1 aromatic carbocycles. The highest BCUT2D eigenvalue weighted by Crippen LogP contribution is 2.36. The predicted octanol–water partition coefficient (Wildman–Crippen LogP) is 5.17. The number of carbonyl (C=O) groups excluding carboxylic acids is 2. The van der Waals surface area contributed by atoms with Crippen molar-refractivity contribution in [1.29, 1.82) is 0 Å². The van der Waals surface area contributed by atoms with Crippen molar-refractivity contribution in [3.8, 4) is 11.5 Å². The third-order valence-corrected chi connectivity index (χ3v) is 6.75. The summed E-state index contributed by atoms with van der Waals surface area (Å²) in [6.07, 6.45) is 7.86. The molecule has 7 heteroatoms. The molecule has 1 N–H and O–H groups in total. The summed E-state index contributed by atoms with van der Waals surface area (Å²) in [5, 5.41) is 3.15. The molecule has 4 rings (SSSR count). The number of benzene rings is 1. The zero-order valence-corrected chi connectivity index (χ0v) is 19.3. The van der Waals surface area contributed by atoms with Gasteiger partial charge >= 0.3 is 0 Å². The summed E-state index contributed by atoms with van der Waals surface area (Å²) in [7, 11) is 0. The van der Waals surface area contributed by atoms with Crippen molar-refractivity contribution in [2.75, 3.05) is 6.26 Å². The van der Waals surface area contributed by atoms with Crippen molar-refractivity contribution in [2.45, 2.75) is 51.1 Å². The average molecular weight is 449 g/mol. The number of nitrogens with one attached hydrogen (secondary N) is 1. The molecule has 0 radical (unpaired) electrons. The zero-order chi connectivity index (χ0) is 22.7. The lowest BCUT2D eigenvalue weighted by Gasteiger charge is -2.32. The van der Waals surface area contributed by atoms with Gasteiger partial charge in [-0.2, -0.15) is 0 Å². The fourth-order valence-electron chi connectivity index (χ4n) is 4.41. The fraction of sp³-hybridized carbons (Fsp3) is 0.360. The van der Waals surface area contributed by atoms with Crippen LogP contribution < -0.4 is 5.32 Å². The summed E-state index contributed by atoms with van der Waals surface area (Å²) in [4.78, 5) is 34.6. The maximum Gasteiger partial charge on any atom is 0.257 e. The number of carbonyl (C=O) groups is 2. The van der Waals surface area contributed by atoms with Crippen LogP contribution in [0.4, 0.5) is 0 Å². The quantitative estimate of drug-likeness (QED) is 0.399. The highest BCUT2D eigenvalue weighted by atomic mass is 32.2. The second-order valence-corrected chi connectivity index (χ2v) is 9.02. The molecule has 166 valence electrons. The Morgan fingerprint density at radius 2 is 2.09 bits per heavy atom. The molecule has 1 aliphatic carbocycles. The summed E-state index contributed by atoms with van der Waals surface area (Å²) in [5.74, 6) is 0.814. The highest BCUT2D eigenvalue weighted by molar-refractivity contribution is 8.03. The molecule has 3 aromatic rings. The van der Waals surface area contributed by atoms with Gasteiger partial charge in [0.05, 0.1) is 15.9 Å². The molecule has 1 fully saturated rings. The monoisotopic (exact) mass is 448 g/mol. The molecule has 32 heavy (non-hydrogen) atoms. The predicted molar refractivity (Wildman–Crippen MR) is 130 cm³/mol. The molecule has 0 saturated heterocycles. The highest BCUT2D eigenvalue weighted by Gasteiger charge is 2.28. The Bertz CT molecular complexity index is 1160. The molecule has 2 atom stereocenters. The van der Waals surface area contributed by atoms with Gasteiger partial charge in [-0.15, -0.1) is 11.8 Å². The molecule has 2 aromatic heterocycles. The molecular formula is C25H28N4O2S. The lowest BCUT2D eigenvalue weighted by atomic mass is 9.90. The minimum atomic E-state index is -0.0914. The number of fused-ring (bicyclic) bond motifs is 1. The minimum Gasteiger partial charge on any atom is -0.349 e. The second-order valence-electron chi connectivity index (χ2n) is 8.12. The molecule has 2 heterocycles. The van der Waals surface area contributed by atoms with E-state index in [9.17, 15) is 9.59 Å². The number of hydrogen-bond acceptors (Lipinski definition) is 5. The Hall–Kier alpha value is -2.93. The Kier molecular flexibility index (Phi) is 6.74. The SMILES string of the molecule is C=C(SC)C(=O)NC1CCCC(n2c(-c3ccccn3)nc3cc(C(=O)CC)ccc32)C1. The molecule has 0 spiro atoms. The van der Waals surface area contributed by atoms with Crippen LogP contribution in [0.2, 0.25) is 0 Å². The van der Waals surface area contributed by atoms with Crippen LogP contribution in [-0.2, 0) is 4.79 Å². The maximum absolute atomic E-state index is 12.4. The summed E-state index contributed by atoms with van der Waals surface area (Å²) in [6.45, 7) is 5.70. The average Bonchev–Trinajstić information content (AvgIpc) is 3.22. The number of Topliss-reactive ketones (excluding diaryl/α,β-unsaturated/α-hetero) is 1. The molecule has 0 aliphatic heterocycles. The third-order valence-electron chi connectivity index (χ3n) is 6.07. The van der Waals surface area contributed by atoms with Gasteiger partial charge in [0.25, 0.3) is 5.91 Å². The van der Waals surface area contributed by atoms with Gasteiger partial charge in [0.15, 0.2) is 11.6 Å². The van der Waals surface area contributed by atoms with Gasteiger partial charge in [-0.3, -0.25) is 14.6 Å². The first-order chi connectivity index (χ1) is 15.5. The van der Waals surface area contributed by atoms with Gasteiger partial charge in [-0.1, -0.05) is 19.6 Å². The number of rotatable bonds is 7. The number of thioether (sulfide) groups is 1. The number of pyridine rings is 1. The van der Waals surface area contributed by atoms with Crippen molar-refractivity contribution in [1.82, 2.24) is 19.9 Å². The summed E-state index contributed by atoms with van der Waals surface area (Å²) in [5.41, 5.74) is 3.27. The first kappa shape index (κ1) is 22.3. The largest absolute Gasteiger partial charge is 0.349 e. The van der Waals surface area contributed by atoms with Crippen LogP contribution in [0, 0.1) is 0 Å². The summed E-state index contributed by atoms with van der Waals surface area (Å²) >= 11 is 1.37. The molecule has 1 amide bonds. The van der Waals surface area contributed by atoms with Crippen LogP contribution in [0.5, 0.6) is 0 Å². The van der Waals surface area contributed by atoms with Gasteiger partial charge in [0.1, 0.15) is 5.69 Å². The van der Waals surface area contributed by atoms with E-state index in [-0.39, 0.29) is 23.8 Å². The number of amides is 1. The minimum absolute atomic E-state index is 0.0834. The van der Waals surface area contributed by atoms with E-state index in [1.54, 1.807) is 6.20 Å². The van der Waals surface area contributed by atoms with Crippen molar-refractivity contribution in [2.24, 2.45) is 0 Å². The number of nitrogens with zero attached hydrogens (tertiary/aromatic N) is 3. The van der Waals surface area contributed by atoms with Gasteiger partial charge < -0.3 is 9.88 Å². The van der Waals surface area contributed by atoms with E-state index in [2.05, 4.69) is 21.4 Å². The third kappa shape index (κ3) is 4.48. The van der Waals surface area contributed by atoms with Crippen LogP contribution in [0.15, 0.2) is 54.1 Å². The van der Waals surface area contributed by atoms with Crippen LogP contribution in [0.1, 0.15) is 55.4 Å². The Morgan fingerprint density at radius 1 is 1.25 bits per heavy atom. The summed E-state index contributed by atoms with van der Waals surface area (Å²) in [6, 6.07) is 11.8. The molecule has 0 bridgehead atoms. The second kappa shape index (κ2) is 9.69. The Labute approximate surface area is 192 Å². The van der Waals surface area contributed by atoms with Crippen LogP contribution in [-0.4, -0.2) is 38.5 Å². The maximum atomic E-state index is 12.4. The van der Waals surface area contributed by atoms with E-state index in [1.807, 2.05) is 49.6 Å². The molecule has 1 saturated carbocycles. The van der Waals surface area contributed by atoms with Crippen LogP contribution in [0.3, 0.4) is 0 Å². The summed E-state index contributed by atoms with van der Waals surface area (Å²) < 4.78 is 2.25. The van der Waals surface area contributed by atoms with Gasteiger partial charge in [0, 0.05) is 30.3 Å². The van der Waals surface area contributed by atoms with E-state index in [0.717, 1.165) is 48.2 Å². The lowest BCUT2D eigenvalue weighted by molar-refractivity contribution is -0.117. The molecule has 6 nitrogen and oxygen atoms in total. The van der Waals surface area contributed by atoms with E-state index < -0.39 is 0 Å². The number of hydrogen-bond donors (Lipinski definition) is 1. The van der Waals surface area contributed by atoms with E-state index >= 15 is 0 Å². The molecular weight excluding hydrogens is 420 g/mol. The zero-order valence-electron chi connectivity index (χ0n) is 18.5. The lowest BCUT2D eigenvalue weighted by Crippen LogP contribution is -2.39. The van der Waals surface area contributed by atoms with Gasteiger partial charge in [0.2, 0.25) is 0 Å². The molecule has 2 unspecified atom stereocenters. The number of imidazole rings is 1. The van der Waals surface area contributed by atoms with E-state index in [4.69, 9.17) is 4.98 Å². The van der Waals surface area contributed by atoms with Crippen LogP contribution in [0.25, 0.3) is 22.6 Å². The number of ketones is 1. The molecule has 1 aliphatic rings. The van der Waals surface area contributed by atoms with E-state index in [1.165, 1.54) is 11.8 Å². The van der Waals surface area contributed by atoms with Crippen molar-refractivity contribution >= 4 is 34.5 Å². The topological polar surface area (TPSA) is 76.9 Å². The first-order valence-electron chi connectivity index (χ1n) is 11.0. The Balaban J connectivity index is 1.73. The van der Waals surface area contributed by atoms with Crippen LogP contribution >= 0.6 is 11.8 Å². The van der Waals surface area contributed by atoms with Gasteiger partial charge in [-0.25, -0.2) is 4.98 Å². The Morgan fingerprint density at radius 3 is 2.81 bits per heavy atom. The smallest absolute Gasteiger partial charge is 0.257 e.